The third kappa shape index (κ3) is 5.45. The van der Waals surface area contributed by atoms with Crippen molar-refractivity contribution in [2.24, 2.45) is 12.8 Å². The number of amides is 3. The van der Waals surface area contributed by atoms with E-state index in [1.54, 1.807) is 0 Å². The SMILES string of the molecule is Cn1nc(C2CCC(=O)NC2=O)c2ccc(C3CCN(C(=O)COCCOCCN)CC3)cc21. The molecule has 2 fully saturated rings. The zero-order chi connectivity index (χ0) is 24.1. The number of aromatic nitrogens is 2. The number of fused-ring (bicyclic) bond motifs is 1. The first-order valence-electron chi connectivity index (χ1n) is 11.9. The first-order valence-corrected chi connectivity index (χ1v) is 11.9. The van der Waals surface area contributed by atoms with Crippen LogP contribution in [0.4, 0.5) is 0 Å². The van der Waals surface area contributed by atoms with Gasteiger partial charge in [-0.15, -0.1) is 0 Å². The molecule has 34 heavy (non-hydrogen) atoms. The third-order valence-corrected chi connectivity index (χ3v) is 6.65. The Bertz CT molecular complexity index is 1040. The molecule has 0 bridgehead atoms. The summed E-state index contributed by atoms with van der Waals surface area (Å²) in [5.74, 6) is -0.543. The maximum Gasteiger partial charge on any atom is 0.248 e. The van der Waals surface area contributed by atoms with Gasteiger partial charge < -0.3 is 20.1 Å². The van der Waals surface area contributed by atoms with Crippen LogP contribution in [0.15, 0.2) is 18.2 Å². The largest absolute Gasteiger partial charge is 0.378 e. The van der Waals surface area contributed by atoms with Gasteiger partial charge in [0, 0.05) is 38.5 Å². The lowest BCUT2D eigenvalue weighted by atomic mass is 9.88. The quantitative estimate of drug-likeness (QED) is 0.409. The number of nitrogens with one attached hydrogen (secondary N) is 1. The lowest BCUT2D eigenvalue weighted by Crippen LogP contribution is -2.40. The maximum absolute atomic E-state index is 12.4. The molecule has 2 saturated heterocycles. The highest BCUT2D eigenvalue weighted by Gasteiger charge is 2.32. The number of benzene rings is 1. The average molecular weight is 472 g/mol. The Balaban J connectivity index is 1.34. The van der Waals surface area contributed by atoms with E-state index in [0.29, 0.717) is 58.2 Å². The van der Waals surface area contributed by atoms with Crippen molar-refractivity contribution < 1.29 is 23.9 Å². The zero-order valence-corrected chi connectivity index (χ0v) is 19.6. The summed E-state index contributed by atoms with van der Waals surface area (Å²) in [7, 11) is 1.88. The highest BCUT2D eigenvalue weighted by Crippen LogP contribution is 2.34. The molecule has 4 rings (SSSR count). The van der Waals surface area contributed by atoms with Gasteiger partial charge in [-0.05, 0) is 36.8 Å². The van der Waals surface area contributed by atoms with Gasteiger partial charge in [-0.25, -0.2) is 0 Å². The number of piperidine rings is 2. The Morgan fingerprint density at radius 3 is 2.65 bits per heavy atom. The summed E-state index contributed by atoms with van der Waals surface area (Å²) in [4.78, 5) is 38.1. The second-order valence-corrected chi connectivity index (χ2v) is 8.90. The molecule has 3 heterocycles. The number of carbonyl (C=O) groups is 3. The maximum atomic E-state index is 12.4. The van der Waals surface area contributed by atoms with E-state index in [4.69, 9.17) is 15.2 Å². The summed E-state index contributed by atoms with van der Waals surface area (Å²) in [6.45, 7) is 3.25. The molecule has 0 radical (unpaired) electrons. The number of hydrogen-bond acceptors (Lipinski definition) is 7. The molecule has 1 aromatic heterocycles. The van der Waals surface area contributed by atoms with Gasteiger partial charge in [-0.1, -0.05) is 12.1 Å². The van der Waals surface area contributed by atoms with Crippen LogP contribution < -0.4 is 11.1 Å². The minimum Gasteiger partial charge on any atom is -0.378 e. The minimum absolute atomic E-state index is 0.00763. The Hall–Kier alpha value is -2.82. The fraction of sp³-hybridized carbons (Fsp3) is 0.583. The van der Waals surface area contributed by atoms with Crippen molar-refractivity contribution in [3.05, 3.63) is 29.5 Å². The summed E-state index contributed by atoms with van der Waals surface area (Å²) in [6, 6.07) is 6.28. The monoisotopic (exact) mass is 471 g/mol. The van der Waals surface area contributed by atoms with Gasteiger partial charge in [-0.2, -0.15) is 5.10 Å². The van der Waals surface area contributed by atoms with Crippen LogP contribution in [-0.2, 0) is 30.9 Å². The summed E-state index contributed by atoms with van der Waals surface area (Å²) < 4.78 is 12.5. The Kier molecular flexibility index (Phi) is 7.91. The Morgan fingerprint density at radius 2 is 1.91 bits per heavy atom. The molecular weight excluding hydrogens is 438 g/mol. The lowest BCUT2D eigenvalue weighted by molar-refractivity contribution is -0.138. The van der Waals surface area contributed by atoms with Gasteiger partial charge in [0.1, 0.15) is 6.61 Å². The van der Waals surface area contributed by atoms with Crippen molar-refractivity contribution in [1.82, 2.24) is 20.0 Å². The van der Waals surface area contributed by atoms with Crippen molar-refractivity contribution in [2.45, 2.75) is 37.5 Å². The van der Waals surface area contributed by atoms with Crippen molar-refractivity contribution in [1.29, 1.82) is 0 Å². The number of nitrogens with two attached hydrogens (primary N) is 1. The van der Waals surface area contributed by atoms with Crippen LogP contribution >= 0.6 is 0 Å². The predicted molar refractivity (Wildman–Crippen MR) is 125 cm³/mol. The topological polar surface area (TPSA) is 129 Å². The number of likely N-dealkylation sites (tertiary alicyclic amines) is 1. The molecule has 10 nitrogen and oxygen atoms in total. The van der Waals surface area contributed by atoms with Crippen LogP contribution in [0.1, 0.15) is 48.8 Å². The molecule has 1 unspecified atom stereocenters. The predicted octanol–water partition coefficient (Wildman–Crippen LogP) is 0.791. The van der Waals surface area contributed by atoms with Crippen LogP contribution in [0.3, 0.4) is 0 Å². The van der Waals surface area contributed by atoms with Crippen LogP contribution in [0.25, 0.3) is 10.9 Å². The summed E-state index contributed by atoms with van der Waals surface area (Å²) in [5.41, 5.74) is 8.27. The molecule has 1 aromatic carbocycles. The van der Waals surface area contributed by atoms with E-state index in [-0.39, 0.29) is 24.3 Å². The Morgan fingerprint density at radius 1 is 1.15 bits per heavy atom. The number of ether oxygens (including phenoxy) is 2. The molecule has 0 aliphatic carbocycles. The normalized spacial score (nSPS) is 19.6. The summed E-state index contributed by atoms with van der Waals surface area (Å²) >= 11 is 0. The zero-order valence-electron chi connectivity index (χ0n) is 19.6. The fourth-order valence-electron chi connectivity index (χ4n) is 4.78. The van der Waals surface area contributed by atoms with Crippen molar-refractivity contribution in [3.8, 4) is 0 Å². The molecule has 2 aliphatic rings. The minimum atomic E-state index is -0.407. The van der Waals surface area contributed by atoms with E-state index >= 15 is 0 Å². The summed E-state index contributed by atoms with van der Waals surface area (Å²) in [5, 5.41) is 7.99. The average Bonchev–Trinajstić information content (AvgIpc) is 3.17. The molecule has 0 saturated carbocycles. The first-order chi connectivity index (χ1) is 16.5. The van der Waals surface area contributed by atoms with Gasteiger partial charge >= 0.3 is 0 Å². The van der Waals surface area contributed by atoms with Gasteiger partial charge in [0.25, 0.3) is 0 Å². The molecule has 2 aliphatic heterocycles. The number of aryl methyl sites for hydroxylation is 1. The number of nitrogens with zero attached hydrogens (tertiary/aromatic N) is 3. The van der Waals surface area contributed by atoms with Crippen LogP contribution in [-0.4, -0.2) is 78.5 Å². The van der Waals surface area contributed by atoms with E-state index in [9.17, 15) is 14.4 Å². The van der Waals surface area contributed by atoms with E-state index < -0.39 is 5.92 Å². The highest BCUT2D eigenvalue weighted by molar-refractivity contribution is 6.02. The van der Waals surface area contributed by atoms with Gasteiger partial charge in [0.15, 0.2) is 0 Å². The molecular formula is C24H33N5O5. The lowest BCUT2D eigenvalue weighted by Gasteiger charge is -2.32. The van der Waals surface area contributed by atoms with E-state index in [0.717, 1.165) is 29.4 Å². The third-order valence-electron chi connectivity index (χ3n) is 6.65. The summed E-state index contributed by atoms with van der Waals surface area (Å²) in [6.07, 6.45) is 2.58. The van der Waals surface area contributed by atoms with Crippen molar-refractivity contribution in [2.75, 3.05) is 46.1 Å². The van der Waals surface area contributed by atoms with Crippen LogP contribution in [0.5, 0.6) is 0 Å². The number of carbonyl (C=O) groups excluding carboxylic acids is 3. The number of rotatable bonds is 9. The van der Waals surface area contributed by atoms with Gasteiger partial charge in [0.2, 0.25) is 17.7 Å². The van der Waals surface area contributed by atoms with Gasteiger partial charge in [-0.3, -0.25) is 24.4 Å². The van der Waals surface area contributed by atoms with Crippen molar-refractivity contribution in [3.63, 3.8) is 0 Å². The van der Waals surface area contributed by atoms with E-state index in [1.165, 1.54) is 5.56 Å². The number of imide groups is 1. The first kappa shape index (κ1) is 24.3. The van der Waals surface area contributed by atoms with Crippen LogP contribution in [0, 0.1) is 0 Å². The molecule has 10 heteroatoms. The van der Waals surface area contributed by atoms with E-state index in [2.05, 4.69) is 22.5 Å². The van der Waals surface area contributed by atoms with Gasteiger partial charge in [0.05, 0.1) is 36.9 Å². The molecule has 3 N–H and O–H groups in total. The Labute approximate surface area is 198 Å². The molecule has 3 amide bonds. The molecule has 2 aromatic rings. The standard InChI is InChI=1S/C24H33N5O5/c1-28-20-14-17(2-3-18(20)23(27-28)19-4-5-21(30)26-24(19)32)16-6-9-29(10-7-16)22(31)15-34-13-12-33-11-8-25/h2-3,14,16,19H,4-13,15,25H2,1H3,(H,26,30,32). The van der Waals surface area contributed by atoms with E-state index in [1.807, 2.05) is 22.7 Å². The molecule has 1 atom stereocenters. The smallest absolute Gasteiger partial charge is 0.248 e. The second-order valence-electron chi connectivity index (χ2n) is 8.90. The van der Waals surface area contributed by atoms with Crippen LogP contribution in [0.2, 0.25) is 0 Å². The molecule has 184 valence electrons. The van der Waals surface area contributed by atoms with Crippen molar-refractivity contribution >= 4 is 28.6 Å². The second kappa shape index (κ2) is 11.1. The fourth-order valence-corrected chi connectivity index (χ4v) is 4.78. The molecule has 0 spiro atoms. The number of hydrogen-bond donors (Lipinski definition) is 2. The highest BCUT2D eigenvalue weighted by atomic mass is 16.5.